The second kappa shape index (κ2) is 9.18. The Balaban J connectivity index is 1.69. The summed E-state index contributed by atoms with van der Waals surface area (Å²) in [7, 11) is 0. The molecule has 0 saturated heterocycles. The summed E-state index contributed by atoms with van der Waals surface area (Å²) < 4.78 is 10.6. The van der Waals surface area contributed by atoms with Gasteiger partial charge < -0.3 is 14.8 Å². The van der Waals surface area contributed by atoms with Gasteiger partial charge in [-0.15, -0.1) is 0 Å². The molecule has 0 heterocycles. The molecule has 1 aromatic rings. The van der Waals surface area contributed by atoms with Crippen LogP contribution >= 0.6 is 0 Å². The van der Waals surface area contributed by atoms with Crippen LogP contribution in [-0.2, 0) is 9.53 Å². The summed E-state index contributed by atoms with van der Waals surface area (Å²) in [5.41, 5.74) is 0.494. The zero-order valence-electron chi connectivity index (χ0n) is 13.7. The molecule has 0 bridgehead atoms. The molecular weight excluding hydrogens is 294 g/mol. The molecule has 1 aliphatic rings. The number of rotatable bonds is 7. The maximum atomic E-state index is 12.0. The molecule has 0 aliphatic heterocycles. The van der Waals surface area contributed by atoms with Gasteiger partial charge >= 0.3 is 5.97 Å². The number of carbonyl (C=O) groups is 2. The van der Waals surface area contributed by atoms with Gasteiger partial charge in [0.25, 0.3) is 5.91 Å². The van der Waals surface area contributed by atoms with Gasteiger partial charge in [-0.2, -0.15) is 0 Å². The number of amides is 1. The van der Waals surface area contributed by atoms with Crippen molar-refractivity contribution in [2.75, 3.05) is 19.8 Å². The molecule has 1 N–H and O–H groups in total. The summed E-state index contributed by atoms with van der Waals surface area (Å²) in [6, 6.07) is 6.82. The molecule has 126 valence electrons. The fraction of sp³-hybridized carbons (Fsp3) is 0.556. The zero-order chi connectivity index (χ0) is 16.5. The molecule has 5 nitrogen and oxygen atoms in total. The molecule has 0 spiro atoms. The van der Waals surface area contributed by atoms with Crippen molar-refractivity contribution >= 4 is 11.9 Å². The Labute approximate surface area is 137 Å². The van der Waals surface area contributed by atoms with E-state index in [4.69, 9.17) is 9.47 Å². The molecule has 1 saturated carbocycles. The molecule has 1 aromatic carbocycles. The Hall–Kier alpha value is -2.04. The molecule has 0 atom stereocenters. The highest BCUT2D eigenvalue weighted by Gasteiger charge is 2.16. The number of nitrogens with one attached hydrogen (secondary N) is 1. The van der Waals surface area contributed by atoms with E-state index >= 15 is 0 Å². The maximum Gasteiger partial charge on any atom is 0.325 e. The normalized spacial score (nSPS) is 15.0. The summed E-state index contributed by atoms with van der Waals surface area (Å²) >= 11 is 0. The SMILES string of the molecule is CCOc1ccc(C(=O)NCC(=O)OCC2CCCCC2)cc1. The van der Waals surface area contributed by atoms with Crippen molar-refractivity contribution in [1.29, 1.82) is 0 Å². The van der Waals surface area contributed by atoms with E-state index in [-0.39, 0.29) is 18.4 Å². The van der Waals surface area contributed by atoms with Crippen LogP contribution in [0.5, 0.6) is 5.75 Å². The molecule has 2 rings (SSSR count). The first kappa shape index (κ1) is 17.3. The van der Waals surface area contributed by atoms with Crippen molar-refractivity contribution in [2.24, 2.45) is 5.92 Å². The Bertz CT molecular complexity index is 506. The summed E-state index contributed by atoms with van der Waals surface area (Å²) in [6.07, 6.45) is 5.98. The van der Waals surface area contributed by atoms with E-state index in [2.05, 4.69) is 5.32 Å². The molecule has 5 heteroatoms. The summed E-state index contributed by atoms with van der Waals surface area (Å²) in [5, 5.41) is 2.58. The summed E-state index contributed by atoms with van der Waals surface area (Å²) in [6.45, 7) is 2.86. The molecule has 23 heavy (non-hydrogen) atoms. The lowest BCUT2D eigenvalue weighted by Crippen LogP contribution is -2.31. The first-order valence-electron chi connectivity index (χ1n) is 8.35. The van der Waals surface area contributed by atoms with Crippen molar-refractivity contribution < 1.29 is 19.1 Å². The van der Waals surface area contributed by atoms with Crippen molar-refractivity contribution in [3.05, 3.63) is 29.8 Å². The molecule has 0 unspecified atom stereocenters. The van der Waals surface area contributed by atoms with E-state index in [1.807, 2.05) is 6.92 Å². The van der Waals surface area contributed by atoms with Gasteiger partial charge in [0.15, 0.2) is 0 Å². The number of benzene rings is 1. The van der Waals surface area contributed by atoms with Crippen LogP contribution in [0.15, 0.2) is 24.3 Å². The zero-order valence-corrected chi connectivity index (χ0v) is 13.7. The van der Waals surface area contributed by atoms with E-state index in [1.165, 1.54) is 19.3 Å². The molecule has 0 radical (unpaired) electrons. The van der Waals surface area contributed by atoms with Crippen LogP contribution in [0.25, 0.3) is 0 Å². The minimum Gasteiger partial charge on any atom is -0.494 e. The van der Waals surface area contributed by atoms with Gasteiger partial charge in [-0.3, -0.25) is 9.59 Å². The predicted octanol–water partition coefficient (Wildman–Crippen LogP) is 2.94. The number of hydrogen-bond acceptors (Lipinski definition) is 4. The molecule has 1 aliphatic carbocycles. The van der Waals surface area contributed by atoms with E-state index in [9.17, 15) is 9.59 Å². The van der Waals surface area contributed by atoms with Crippen LogP contribution in [-0.4, -0.2) is 31.6 Å². The quantitative estimate of drug-likeness (QED) is 0.785. The van der Waals surface area contributed by atoms with Gasteiger partial charge in [0.1, 0.15) is 12.3 Å². The van der Waals surface area contributed by atoms with E-state index in [0.29, 0.717) is 24.7 Å². The van der Waals surface area contributed by atoms with Gasteiger partial charge in [0.2, 0.25) is 0 Å². The third-order valence-corrected chi connectivity index (χ3v) is 4.03. The average molecular weight is 319 g/mol. The van der Waals surface area contributed by atoms with E-state index in [0.717, 1.165) is 18.6 Å². The lowest BCUT2D eigenvalue weighted by atomic mass is 9.90. The summed E-state index contributed by atoms with van der Waals surface area (Å²) in [5.74, 6) is 0.531. The second-order valence-electron chi connectivity index (χ2n) is 5.83. The fourth-order valence-corrected chi connectivity index (χ4v) is 2.74. The number of carbonyl (C=O) groups excluding carboxylic acids is 2. The lowest BCUT2D eigenvalue weighted by Gasteiger charge is -2.21. The highest BCUT2D eigenvalue weighted by atomic mass is 16.5. The van der Waals surface area contributed by atoms with Gasteiger partial charge in [-0.25, -0.2) is 0 Å². The monoisotopic (exact) mass is 319 g/mol. The van der Waals surface area contributed by atoms with Crippen molar-refractivity contribution in [1.82, 2.24) is 5.32 Å². The van der Waals surface area contributed by atoms with E-state index < -0.39 is 0 Å². The number of hydrogen-bond donors (Lipinski definition) is 1. The molecule has 0 aromatic heterocycles. The average Bonchev–Trinajstić information content (AvgIpc) is 2.59. The van der Waals surface area contributed by atoms with Crippen LogP contribution in [0, 0.1) is 5.92 Å². The lowest BCUT2D eigenvalue weighted by molar-refractivity contribution is -0.144. The molecule has 1 amide bonds. The van der Waals surface area contributed by atoms with Crippen LogP contribution in [0.3, 0.4) is 0 Å². The Morgan fingerprint density at radius 1 is 1.13 bits per heavy atom. The van der Waals surface area contributed by atoms with Gasteiger partial charge in [0, 0.05) is 5.56 Å². The fourth-order valence-electron chi connectivity index (χ4n) is 2.74. The summed E-state index contributed by atoms with van der Waals surface area (Å²) in [4.78, 5) is 23.7. The largest absolute Gasteiger partial charge is 0.494 e. The predicted molar refractivity (Wildman–Crippen MR) is 87.5 cm³/mol. The van der Waals surface area contributed by atoms with Crippen molar-refractivity contribution in [2.45, 2.75) is 39.0 Å². The van der Waals surface area contributed by atoms with Gasteiger partial charge in [-0.1, -0.05) is 19.3 Å². The topological polar surface area (TPSA) is 64.6 Å². The van der Waals surface area contributed by atoms with Crippen LogP contribution in [0.4, 0.5) is 0 Å². The highest BCUT2D eigenvalue weighted by Crippen LogP contribution is 2.23. The maximum absolute atomic E-state index is 12.0. The molecular formula is C18H25NO4. The van der Waals surface area contributed by atoms with Crippen LogP contribution in [0.1, 0.15) is 49.4 Å². The second-order valence-corrected chi connectivity index (χ2v) is 5.83. The van der Waals surface area contributed by atoms with Crippen LogP contribution in [0.2, 0.25) is 0 Å². The Kier molecular flexibility index (Phi) is 6.91. The Morgan fingerprint density at radius 2 is 1.83 bits per heavy atom. The number of ether oxygens (including phenoxy) is 2. The third kappa shape index (κ3) is 5.93. The number of esters is 1. The smallest absolute Gasteiger partial charge is 0.325 e. The van der Waals surface area contributed by atoms with Gasteiger partial charge in [-0.05, 0) is 49.9 Å². The third-order valence-electron chi connectivity index (χ3n) is 4.03. The standard InChI is InChI=1S/C18H25NO4/c1-2-22-16-10-8-15(9-11-16)18(21)19-12-17(20)23-13-14-6-4-3-5-7-14/h8-11,14H,2-7,12-13H2,1H3,(H,19,21). The minimum absolute atomic E-state index is 0.0984. The minimum atomic E-state index is -0.380. The Morgan fingerprint density at radius 3 is 2.48 bits per heavy atom. The van der Waals surface area contributed by atoms with E-state index in [1.54, 1.807) is 24.3 Å². The van der Waals surface area contributed by atoms with Gasteiger partial charge in [0.05, 0.1) is 13.2 Å². The molecule has 1 fully saturated rings. The van der Waals surface area contributed by atoms with Crippen molar-refractivity contribution in [3.63, 3.8) is 0 Å². The highest BCUT2D eigenvalue weighted by molar-refractivity contribution is 5.95. The van der Waals surface area contributed by atoms with Crippen LogP contribution < -0.4 is 10.1 Å². The van der Waals surface area contributed by atoms with Crippen molar-refractivity contribution in [3.8, 4) is 5.75 Å². The first-order chi connectivity index (χ1) is 11.2. The first-order valence-corrected chi connectivity index (χ1v) is 8.35.